The van der Waals surface area contributed by atoms with Gasteiger partial charge in [0.25, 0.3) is 0 Å². The Bertz CT molecular complexity index is 453. The maximum Gasteiger partial charge on any atom is 0.129 e. The predicted octanol–water partition coefficient (Wildman–Crippen LogP) is 2.42. The molecule has 0 aliphatic heterocycles. The molecule has 78 valence electrons. The molecule has 0 aliphatic rings. The number of aromatic nitrogens is 2. The molecule has 15 heavy (non-hydrogen) atoms. The van der Waals surface area contributed by atoms with Gasteiger partial charge in [0, 0.05) is 23.9 Å². The number of thioether (sulfide) groups is 1. The smallest absolute Gasteiger partial charge is 0.129 e. The molecule has 4 heteroatoms. The van der Waals surface area contributed by atoms with E-state index < -0.39 is 0 Å². The summed E-state index contributed by atoms with van der Waals surface area (Å²) in [6.07, 6.45) is 1.92. The molecule has 1 aromatic carbocycles. The third-order valence-electron chi connectivity index (χ3n) is 2.01. The largest absolute Gasteiger partial charge is 0.507 e. The number of benzene rings is 1. The molecule has 0 radical (unpaired) electrons. The number of aryl methyl sites for hydroxylation is 1. The second-order valence-electron chi connectivity index (χ2n) is 3.24. The molecule has 0 spiro atoms. The average Bonchev–Trinajstić information content (AvgIpc) is 2.63. The van der Waals surface area contributed by atoms with Crippen molar-refractivity contribution in [3.63, 3.8) is 0 Å². The quantitative estimate of drug-likeness (QED) is 0.807. The van der Waals surface area contributed by atoms with Crippen molar-refractivity contribution in [1.82, 2.24) is 9.78 Å². The van der Waals surface area contributed by atoms with E-state index in [9.17, 15) is 5.11 Å². The average molecular weight is 220 g/mol. The lowest BCUT2D eigenvalue weighted by atomic mass is 10.3. The molecule has 0 saturated carbocycles. The molecule has 3 nitrogen and oxygen atoms in total. The van der Waals surface area contributed by atoms with Gasteiger partial charge in [0.2, 0.25) is 0 Å². The van der Waals surface area contributed by atoms with E-state index in [1.165, 1.54) is 0 Å². The zero-order chi connectivity index (χ0) is 10.7. The Hall–Kier alpha value is -1.42. The highest BCUT2D eigenvalue weighted by molar-refractivity contribution is 7.98. The first-order valence-corrected chi connectivity index (χ1v) is 5.63. The molecular weight excluding hydrogens is 208 g/mol. The highest BCUT2D eigenvalue weighted by atomic mass is 32.2. The van der Waals surface area contributed by atoms with Gasteiger partial charge in [-0.3, -0.25) is 4.68 Å². The topological polar surface area (TPSA) is 38.0 Å². The van der Waals surface area contributed by atoms with E-state index in [4.69, 9.17) is 0 Å². The highest BCUT2D eigenvalue weighted by Gasteiger charge is 2.02. The van der Waals surface area contributed by atoms with Crippen LogP contribution in [0.1, 0.15) is 5.69 Å². The van der Waals surface area contributed by atoms with Crippen LogP contribution in [-0.4, -0.2) is 14.9 Å². The van der Waals surface area contributed by atoms with Crippen molar-refractivity contribution in [2.24, 2.45) is 7.05 Å². The fourth-order valence-corrected chi connectivity index (χ4v) is 2.12. The van der Waals surface area contributed by atoms with Crippen molar-refractivity contribution >= 4 is 11.8 Å². The van der Waals surface area contributed by atoms with Gasteiger partial charge < -0.3 is 5.11 Å². The van der Waals surface area contributed by atoms with E-state index in [1.54, 1.807) is 22.5 Å². The van der Waals surface area contributed by atoms with Crippen LogP contribution in [0.25, 0.3) is 0 Å². The van der Waals surface area contributed by atoms with Gasteiger partial charge >= 0.3 is 0 Å². The molecule has 0 bridgehead atoms. The number of phenolic OH excluding ortho intramolecular Hbond substituents is 1. The molecule has 2 rings (SSSR count). The van der Waals surface area contributed by atoms with Gasteiger partial charge in [0.15, 0.2) is 0 Å². The lowest BCUT2D eigenvalue weighted by molar-refractivity contribution is 0.462. The number of phenols is 1. The van der Waals surface area contributed by atoms with E-state index in [2.05, 4.69) is 5.10 Å². The van der Waals surface area contributed by atoms with E-state index in [0.717, 1.165) is 16.3 Å². The maximum absolute atomic E-state index is 9.55. The molecule has 1 heterocycles. The predicted molar refractivity (Wildman–Crippen MR) is 60.9 cm³/mol. The van der Waals surface area contributed by atoms with Crippen molar-refractivity contribution in [2.75, 3.05) is 0 Å². The van der Waals surface area contributed by atoms with E-state index in [0.29, 0.717) is 5.75 Å². The summed E-state index contributed by atoms with van der Waals surface area (Å²) in [5, 5.41) is 13.8. The molecule has 0 amide bonds. The summed E-state index contributed by atoms with van der Waals surface area (Å²) in [5.41, 5.74) is 1.02. The maximum atomic E-state index is 9.55. The van der Waals surface area contributed by atoms with Gasteiger partial charge in [-0.25, -0.2) is 0 Å². The summed E-state index contributed by atoms with van der Waals surface area (Å²) in [6.45, 7) is 0. The molecule has 0 unspecified atom stereocenters. The standard InChI is InChI=1S/C11H12N2OS/c1-13-7-6-9(12-13)8-15-11-5-3-2-4-10(11)14/h2-7,14H,8H2,1H3. The van der Waals surface area contributed by atoms with Crippen LogP contribution in [0.5, 0.6) is 5.75 Å². The van der Waals surface area contributed by atoms with Gasteiger partial charge in [-0.15, -0.1) is 11.8 Å². The first-order valence-electron chi connectivity index (χ1n) is 4.65. The molecule has 0 atom stereocenters. The minimum atomic E-state index is 0.332. The van der Waals surface area contributed by atoms with Crippen LogP contribution in [0, 0.1) is 0 Å². The highest BCUT2D eigenvalue weighted by Crippen LogP contribution is 2.29. The van der Waals surface area contributed by atoms with Crippen molar-refractivity contribution in [1.29, 1.82) is 0 Å². The second-order valence-corrected chi connectivity index (χ2v) is 4.25. The van der Waals surface area contributed by atoms with Gasteiger partial charge in [0.1, 0.15) is 5.75 Å². The van der Waals surface area contributed by atoms with Gasteiger partial charge in [-0.1, -0.05) is 12.1 Å². The number of hydrogen-bond acceptors (Lipinski definition) is 3. The minimum Gasteiger partial charge on any atom is -0.507 e. The van der Waals surface area contributed by atoms with Crippen molar-refractivity contribution in [2.45, 2.75) is 10.6 Å². The van der Waals surface area contributed by atoms with Crippen molar-refractivity contribution in [3.8, 4) is 5.75 Å². The Morgan fingerprint density at radius 3 is 2.80 bits per heavy atom. The Balaban J connectivity index is 2.02. The van der Waals surface area contributed by atoms with E-state index >= 15 is 0 Å². The van der Waals surface area contributed by atoms with Gasteiger partial charge in [-0.2, -0.15) is 5.10 Å². The number of nitrogens with zero attached hydrogens (tertiary/aromatic N) is 2. The van der Waals surface area contributed by atoms with Gasteiger partial charge in [0.05, 0.1) is 5.69 Å². The number of hydrogen-bond donors (Lipinski definition) is 1. The third kappa shape index (κ3) is 2.53. The van der Waals surface area contributed by atoms with Crippen LogP contribution in [0.15, 0.2) is 41.4 Å². The molecule has 1 N–H and O–H groups in total. The summed E-state index contributed by atoms with van der Waals surface area (Å²) >= 11 is 1.59. The Morgan fingerprint density at radius 2 is 2.13 bits per heavy atom. The van der Waals surface area contributed by atoms with Crippen LogP contribution in [0.3, 0.4) is 0 Å². The molecule has 2 aromatic rings. The lowest BCUT2D eigenvalue weighted by Gasteiger charge is -2.01. The summed E-state index contributed by atoms with van der Waals surface area (Å²) in [7, 11) is 1.90. The van der Waals surface area contributed by atoms with Crippen LogP contribution >= 0.6 is 11.8 Å². The van der Waals surface area contributed by atoms with Crippen LogP contribution in [0.4, 0.5) is 0 Å². The lowest BCUT2D eigenvalue weighted by Crippen LogP contribution is -1.89. The summed E-state index contributed by atoms with van der Waals surface area (Å²) in [6, 6.07) is 9.32. The van der Waals surface area contributed by atoms with Crippen molar-refractivity contribution < 1.29 is 5.11 Å². The summed E-state index contributed by atoms with van der Waals surface area (Å²) in [4.78, 5) is 0.892. The number of rotatable bonds is 3. The van der Waals surface area contributed by atoms with Crippen molar-refractivity contribution in [3.05, 3.63) is 42.2 Å². The molecule has 0 fully saturated rings. The van der Waals surface area contributed by atoms with Crippen LogP contribution in [-0.2, 0) is 12.8 Å². The fourth-order valence-electron chi connectivity index (χ4n) is 1.27. The molecular formula is C11H12N2OS. The fraction of sp³-hybridized carbons (Fsp3) is 0.182. The third-order valence-corrected chi connectivity index (χ3v) is 3.11. The Labute approximate surface area is 92.7 Å². The molecule has 0 saturated heterocycles. The SMILES string of the molecule is Cn1ccc(CSc2ccccc2O)n1. The Morgan fingerprint density at radius 1 is 1.33 bits per heavy atom. The summed E-state index contributed by atoms with van der Waals surface area (Å²) < 4.78 is 1.78. The Kier molecular flexibility index (Phi) is 2.97. The zero-order valence-corrected chi connectivity index (χ0v) is 9.24. The summed E-state index contributed by atoms with van der Waals surface area (Å²) in [5.74, 6) is 1.11. The zero-order valence-electron chi connectivity index (χ0n) is 8.42. The van der Waals surface area contributed by atoms with Crippen LogP contribution < -0.4 is 0 Å². The van der Waals surface area contributed by atoms with E-state index in [1.807, 2.05) is 37.5 Å². The molecule has 1 aromatic heterocycles. The molecule has 0 aliphatic carbocycles. The first-order chi connectivity index (χ1) is 7.25. The number of aromatic hydroxyl groups is 1. The van der Waals surface area contributed by atoms with Gasteiger partial charge in [-0.05, 0) is 18.2 Å². The monoisotopic (exact) mass is 220 g/mol. The number of para-hydroxylation sites is 1. The second kappa shape index (κ2) is 4.40. The first kappa shape index (κ1) is 10.1. The minimum absolute atomic E-state index is 0.332. The normalized spacial score (nSPS) is 10.5. The van der Waals surface area contributed by atoms with E-state index in [-0.39, 0.29) is 0 Å². The van der Waals surface area contributed by atoms with Crippen LogP contribution in [0.2, 0.25) is 0 Å².